The predicted octanol–water partition coefficient (Wildman–Crippen LogP) is 7.61. The second kappa shape index (κ2) is 10.3. The van der Waals surface area contributed by atoms with Crippen molar-refractivity contribution in [3.63, 3.8) is 0 Å². The molecule has 0 saturated carbocycles. The van der Waals surface area contributed by atoms with Crippen molar-refractivity contribution in [2.45, 2.75) is 13.0 Å². The maximum absolute atomic E-state index is 13.3. The van der Waals surface area contributed by atoms with E-state index in [1.807, 2.05) is 66.7 Å². The Bertz CT molecular complexity index is 1820. The maximum Gasteiger partial charge on any atom is 0.339 e. The standard InChI is InChI=1S/C30H20ClN3O4S/c1-17(27(35)34-30-33-24(16-39-30)19-10-2-3-13-22(19)31)37-29(36)21-12-7-9-18-8-6-11-20(26(18)21)28-32-23-14-4-5-15-25(23)38-28/h2-17H,1H3,(H,33,34,35). The zero-order valence-corrected chi connectivity index (χ0v) is 22.1. The van der Waals surface area contributed by atoms with Gasteiger partial charge in [0.1, 0.15) is 5.52 Å². The van der Waals surface area contributed by atoms with E-state index in [-0.39, 0.29) is 0 Å². The van der Waals surface area contributed by atoms with Crippen molar-refractivity contribution >= 4 is 61.8 Å². The van der Waals surface area contributed by atoms with E-state index in [4.69, 9.17) is 20.8 Å². The van der Waals surface area contributed by atoms with Gasteiger partial charge in [-0.3, -0.25) is 10.1 Å². The number of amides is 1. The highest BCUT2D eigenvalue weighted by atomic mass is 35.5. The van der Waals surface area contributed by atoms with Crippen LogP contribution in [-0.2, 0) is 9.53 Å². The second-order valence-electron chi connectivity index (χ2n) is 8.75. The van der Waals surface area contributed by atoms with Crippen molar-refractivity contribution in [3.8, 4) is 22.7 Å². The molecule has 192 valence electrons. The lowest BCUT2D eigenvalue weighted by Crippen LogP contribution is -2.30. The van der Waals surface area contributed by atoms with Crippen molar-refractivity contribution in [1.29, 1.82) is 0 Å². The summed E-state index contributed by atoms with van der Waals surface area (Å²) >= 11 is 7.52. The van der Waals surface area contributed by atoms with E-state index < -0.39 is 18.0 Å². The van der Waals surface area contributed by atoms with E-state index in [0.717, 1.165) is 16.5 Å². The Labute approximate surface area is 232 Å². The number of ether oxygens (including phenoxy) is 1. The van der Waals surface area contributed by atoms with Crippen LogP contribution in [-0.4, -0.2) is 27.9 Å². The fraction of sp³-hybridized carbons (Fsp3) is 0.0667. The highest BCUT2D eigenvalue weighted by Gasteiger charge is 2.23. The van der Waals surface area contributed by atoms with Gasteiger partial charge in [0, 0.05) is 26.9 Å². The minimum absolute atomic E-state index is 0.306. The van der Waals surface area contributed by atoms with Gasteiger partial charge in [0.25, 0.3) is 5.91 Å². The molecule has 1 amide bonds. The summed E-state index contributed by atoms with van der Waals surface area (Å²) in [6, 6.07) is 25.7. The van der Waals surface area contributed by atoms with Crippen molar-refractivity contribution in [3.05, 3.63) is 101 Å². The maximum atomic E-state index is 13.3. The van der Waals surface area contributed by atoms with Gasteiger partial charge in [-0.2, -0.15) is 0 Å². The van der Waals surface area contributed by atoms with Crippen LogP contribution in [0, 0.1) is 0 Å². The summed E-state index contributed by atoms with van der Waals surface area (Å²) in [5.74, 6) is -0.739. The molecule has 0 spiro atoms. The molecule has 4 aromatic carbocycles. The number of hydrogen-bond donors (Lipinski definition) is 1. The van der Waals surface area contributed by atoms with Gasteiger partial charge in [0.05, 0.1) is 11.3 Å². The van der Waals surface area contributed by atoms with Crippen LogP contribution in [0.2, 0.25) is 5.02 Å². The number of para-hydroxylation sites is 2. The molecular weight excluding hydrogens is 534 g/mol. The first-order chi connectivity index (χ1) is 19.0. The average Bonchev–Trinajstić information content (AvgIpc) is 3.59. The number of anilines is 1. The van der Waals surface area contributed by atoms with Gasteiger partial charge >= 0.3 is 5.97 Å². The molecule has 6 aromatic rings. The van der Waals surface area contributed by atoms with Gasteiger partial charge in [-0.05, 0) is 42.6 Å². The molecule has 0 aliphatic heterocycles. The Hall–Kier alpha value is -4.53. The Balaban J connectivity index is 1.24. The number of rotatable bonds is 6. The number of aromatic nitrogens is 2. The first kappa shape index (κ1) is 24.8. The minimum atomic E-state index is -1.07. The number of esters is 1. The monoisotopic (exact) mass is 553 g/mol. The van der Waals surface area contributed by atoms with E-state index in [1.54, 1.807) is 23.6 Å². The van der Waals surface area contributed by atoms with Crippen LogP contribution in [0.15, 0.2) is 94.7 Å². The number of carbonyl (C=O) groups excluding carboxylic acids is 2. The van der Waals surface area contributed by atoms with Gasteiger partial charge in [-0.15, -0.1) is 11.3 Å². The second-order valence-corrected chi connectivity index (χ2v) is 10.0. The molecule has 0 aliphatic carbocycles. The Morgan fingerprint density at radius 1 is 0.923 bits per heavy atom. The van der Waals surface area contributed by atoms with Gasteiger partial charge in [0.2, 0.25) is 5.89 Å². The lowest BCUT2D eigenvalue weighted by atomic mass is 9.99. The largest absolute Gasteiger partial charge is 0.449 e. The van der Waals surface area contributed by atoms with E-state index in [2.05, 4.69) is 15.3 Å². The number of halogens is 1. The molecule has 6 rings (SSSR count). The fourth-order valence-electron chi connectivity index (χ4n) is 4.29. The summed E-state index contributed by atoms with van der Waals surface area (Å²) in [6.45, 7) is 1.52. The van der Waals surface area contributed by atoms with Crippen LogP contribution in [0.1, 0.15) is 17.3 Å². The van der Waals surface area contributed by atoms with Crippen LogP contribution < -0.4 is 5.32 Å². The summed E-state index contributed by atoms with van der Waals surface area (Å²) < 4.78 is 11.6. The lowest BCUT2D eigenvalue weighted by Gasteiger charge is -2.14. The third-order valence-electron chi connectivity index (χ3n) is 6.19. The molecule has 7 nitrogen and oxygen atoms in total. The molecule has 0 saturated heterocycles. The molecule has 0 fully saturated rings. The average molecular weight is 554 g/mol. The molecule has 2 heterocycles. The summed E-state index contributed by atoms with van der Waals surface area (Å²) in [4.78, 5) is 35.2. The van der Waals surface area contributed by atoms with Crippen molar-refractivity contribution < 1.29 is 18.7 Å². The highest BCUT2D eigenvalue weighted by Crippen LogP contribution is 2.34. The fourth-order valence-corrected chi connectivity index (χ4v) is 5.23. The van der Waals surface area contributed by atoms with Crippen LogP contribution in [0.5, 0.6) is 0 Å². The van der Waals surface area contributed by atoms with Crippen molar-refractivity contribution in [2.24, 2.45) is 0 Å². The van der Waals surface area contributed by atoms with E-state index >= 15 is 0 Å². The molecule has 1 unspecified atom stereocenters. The number of benzene rings is 4. The third kappa shape index (κ3) is 4.87. The quantitative estimate of drug-likeness (QED) is 0.213. The first-order valence-electron chi connectivity index (χ1n) is 12.1. The van der Waals surface area contributed by atoms with Crippen LogP contribution in [0.25, 0.3) is 44.6 Å². The van der Waals surface area contributed by atoms with Crippen LogP contribution >= 0.6 is 22.9 Å². The lowest BCUT2D eigenvalue weighted by molar-refractivity contribution is -0.123. The van der Waals surface area contributed by atoms with Gasteiger partial charge in [0.15, 0.2) is 16.8 Å². The predicted molar refractivity (Wildman–Crippen MR) is 153 cm³/mol. The summed E-state index contributed by atoms with van der Waals surface area (Å²) in [5, 5.41) is 6.91. The smallest absolute Gasteiger partial charge is 0.339 e. The van der Waals surface area contributed by atoms with E-state index in [1.165, 1.54) is 18.3 Å². The highest BCUT2D eigenvalue weighted by molar-refractivity contribution is 7.14. The number of fused-ring (bicyclic) bond motifs is 2. The number of carbonyl (C=O) groups is 2. The molecule has 39 heavy (non-hydrogen) atoms. The number of hydrogen-bond acceptors (Lipinski definition) is 7. The normalized spacial score (nSPS) is 11.9. The molecule has 0 bridgehead atoms. The Morgan fingerprint density at radius 3 is 2.49 bits per heavy atom. The van der Waals surface area contributed by atoms with E-state index in [0.29, 0.717) is 43.8 Å². The summed E-state index contributed by atoms with van der Waals surface area (Å²) in [7, 11) is 0. The van der Waals surface area contributed by atoms with Crippen LogP contribution in [0.4, 0.5) is 5.13 Å². The molecular formula is C30H20ClN3O4S. The van der Waals surface area contributed by atoms with Crippen molar-refractivity contribution in [2.75, 3.05) is 5.32 Å². The van der Waals surface area contributed by atoms with Gasteiger partial charge < -0.3 is 9.15 Å². The number of nitrogens with zero attached hydrogens (tertiary/aromatic N) is 2. The zero-order valence-electron chi connectivity index (χ0n) is 20.6. The molecule has 1 atom stereocenters. The third-order valence-corrected chi connectivity index (χ3v) is 7.27. The molecule has 0 aliphatic rings. The summed E-state index contributed by atoms with van der Waals surface area (Å²) in [6.07, 6.45) is -1.07. The first-order valence-corrected chi connectivity index (χ1v) is 13.3. The van der Waals surface area contributed by atoms with Crippen LogP contribution in [0.3, 0.4) is 0 Å². The molecule has 1 N–H and O–H groups in total. The van der Waals surface area contributed by atoms with Gasteiger partial charge in [-0.25, -0.2) is 14.8 Å². The Kier molecular flexibility index (Phi) is 6.56. The molecule has 2 aromatic heterocycles. The molecule has 0 radical (unpaired) electrons. The Morgan fingerprint density at radius 2 is 1.67 bits per heavy atom. The number of thiazole rings is 1. The van der Waals surface area contributed by atoms with E-state index in [9.17, 15) is 9.59 Å². The van der Waals surface area contributed by atoms with Gasteiger partial charge in [-0.1, -0.05) is 66.2 Å². The summed E-state index contributed by atoms with van der Waals surface area (Å²) in [5.41, 5.74) is 3.74. The number of oxazole rings is 1. The zero-order chi connectivity index (χ0) is 26.9. The number of nitrogens with one attached hydrogen (secondary N) is 1. The topological polar surface area (TPSA) is 94.3 Å². The minimum Gasteiger partial charge on any atom is -0.449 e. The van der Waals surface area contributed by atoms with Crippen molar-refractivity contribution in [1.82, 2.24) is 9.97 Å². The SMILES string of the molecule is CC(OC(=O)c1cccc2cccc(-c3nc4ccccc4o3)c12)C(=O)Nc1nc(-c2ccccc2Cl)cs1. The molecule has 9 heteroatoms.